The number of halogens is 1. The van der Waals surface area contributed by atoms with Gasteiger partial charge in [-0.15, -0.1) is 46.6 Å². The maximum Gasteiger partial charge on any atom is 0.241 e. The molecular formula is C111H115FN22O10S4. The molecule has 4 fully saturated rings. The number of carbonyl (C=O) groups is 6. The third kappa shape index (κ3) is 23.9. The van der Waals surface area contributed by atoms with E-state index in [1.807, 2.05) is 155 Å². The highest BCUT2D eigenvalue weighted by atomic mass is 32.2. The molecule has 15 aromatic rings. The minimum Gasteiger partial charge on any atom is -0.491 e. The van der Waals surface area contributed by atoms with Crippen LogP contribution in [-0.4, -0.2) is 302 Å². The number of H-pyrrole nitrogens is 3. The Balaban J connectivity index is 0.000000140. The number of amides is 6. The number of thioether (sulfide) groups is 3. The molecule has 4 saturated heterocycles. The van der Waals surface area contributed by atoms with E-state index < -0.39 is 14.2 Å². The largest absolute Gasteiger partial charge is 0.491 e. The Kier molecular flexibility index (Phi) is 32.7. The van der Waals surface area contributed by atoms with Crippen LogP contribution in [0.2, 0.25) is 0 Å². The van der Waals surface area contributed by atoms with Gasteiger partial charge in [0.05, 0.1) is 71.4 Å². The smallest absolute Gasteiger partial charge is 0.241 e. The highest BCUT2D eigenvalue weighted by Crippen LogP contribution is 2.43. The molecule has 0 unspecified atom stereocenters. The summed E-state index contributed by atoms with van der Waals surface area (Å²) >= 11 is 6.19. The van der Waals surface area contributed by atoms with Gasteiger partial charge in [0.25, 0.3) is 0 Å². The fourth-order valence-electron chi connectivity index (χ4n) is 19.7. The summed E-state index contributed by atoms with van der Waals surface area (Å²) in [6.45, 7) is 10.3. The lowest BCUT2D eigenvalue weighted by Crippen LogP contribution is -2.46. The second-order valence-corrected chi connectivity index (χ2v) is 41.9. The Labute approximate surface area is 873 Å². The Morgan fingerprint density at radius 3 is 1.16 bits per heavy atom. The van der Waals surface area contributed by atoms with E-state index in [0.717, 1.165) is 149 Å². The summed E-state index contributed by atoms with van der Waals surface area (Å²) in [5, 5.41) is 35.8. The van der Waals surface area contributed by atoms with E-state index in [1.165, 1.54) is 35.0 Å². The van der Waals surface area contributed by atoms with E-state index in [2.05, 4.69) is 145 Å². The number of carbonyl (C=O) groups excluding carboxylic acids is 6. The normalized spacial score (nSPS) is 18.2. The number of aromatic nitrogens is 13. The van der Waals surface area contributed by atoms with Gasteiger partial charge >= 0.3 is 0 Å². The van der Waals surface area contributed by atoms with E-state index in [4.69, 9.17) is 18.9 Å². The van der Waals surface area contributed by atoms with Crippen LogP contribution in [0.1, 0.15) is 67.0 Å². The molecule has 7 aromatic heterocycles. The summed E-state index contributed by atoms with van der Waals surface area (Å²) < 4.78 is 33.0. The minimum atomic E-state index is -0.675. The van der Waals surface area contributed by atoms with Gasteiger partial charge in [0.15, 0.2) is 17.5 Å². The van der Waals surface area contributed by atoms with E-state index in [9.17, 15) is 33.2 Å². The zero-order valence-electron chi connectivity index (χ0n) is 82.9. The third-order valence-corrected chi connectivity index (χ3v) is 33.2. The van der Waals surface area contributed by atoms with Crippen molar-refractivity contribution in [3.8, 4) is 78.7 Å². The zero-order chi connectivity index (χ0) is 102. The molecule has 148 heavy (non-hydrogen) atoms. The van der Waals surface area contributed by atoms with Crippen molar-refractivity contribution in [2.45, 2.75) is 65.1 Å². The first kappa shape index (κ1) is 102. The lowest BCUT2D eigenvalue weighted by Gasteiger charge is -2.33. The van der Waals surface area contributed by atoms with E-state index in [1.54, 1.807) is 117 Å². The van der Waals surface area contributed by atoms with Crippen LogP contribution in [0.15, 0.2) is 250 Å². The van der Waals surface area contributed by atoms with Crippen molar-refractivity contribution in [3.05, 3.63) is 272 Å². The van der Waals surface area contributed by atoms with Crippen LogP contribution in [0, 0.1) is 5.82 Å². The van der Waals surface area contributed by atoms with Gasteiger partial charge in [0.1, 0.15) is 49.8 Å². The monoisotopic (exact) mass is 2060 g/mol. The topological polar surface area (TPSA) is 371 Å². The number of nitrogens with zero attached hydrogens (tertiary/aromatic N) is 16. The SMILES string of the molecule is COCCOc1ccc(-c2n[nH]c3ccc(NC(=O)[C@]4(SC)CCN(CC(=O)N5CC=C(c6ccc(-c7ncccn7)cc6)CC5)C4)cc23)cc1.COCCOc1ccc(-c2n[nH]c3ccc(NC(=O)[C@]4(SC)CCN(CC(=O)N5CCC(c6ccc(-c7ncccn7)cc6)CC5)C4)cc23)cc1.CS[C@@]1(C(=O)Nc2ccc3[nH]nc(-c4ccc(F)cc4)c3c2)CCN(CC(=O)N2CC=C(c3ncc(-c4ncccn4)s3)CC2)C1. The standard InChI is InChI=1S/C39H43N7O4S.C39H41N7O4S.C33H31FN8O2S2/c2*1-49-22-23-50-32-11-8-29(9-12-32)36-33-24-31(10-13-34(33)43-44-36)42-38(48)39(51-2)16-21-45(26-39)25-35(47)46-19-14-28(15-20-46)27-4-6-30(7-5-27)37-40-17-3-18-41-37;1-45-33(32(44)38-24-7-8-26-25(17-24)29(40-39-26)21-3-5-23(34)6-4-21)11-16-41(20-33)19-28(43)42-14-9-22(10-15-42)31-37-18-27(46-31)30-35-12-2-13-36-30/h3-13,17-18,24,28H,14-16,19-23,25-26H2,1-2H3,(H,42,48)(H,43,44);3-14,17-18,24H,15-16,19-23,25-26H2,1-2H3,(H,42,48)(H,43,44);2-9,12-13,17-18H,10-11,14-16,19-20H2,1H3,(H,38,44)(H,39,40)/t2*39-;33-/m000/s1. The molecule has 0 bridgehead atoms. The first-order valence-corrected chi connectivity index (χ1v) is 53.9. The number of hydrogen-bond donors (Lipinski definition) is 6. The summed E-state index contributed by atoms with van der Waals surface area (Å²) in [5.41, 5.74) is 16.4. The van der Waals surface area contributed by atoms with Gasteiger partial charge in [0.2, 0.25) is 35.4 Å². The summed E-state index contributed by atoms with van der Waals surface area (Å²) in [5.74, 6) is 3.82. The number of anilines is 3. The Morgan fingerprint density at radius 1 is 0.412 bits per heavy atom. The molecule has 0 saturated carbocycles. The van der Waals surface area contributed by atoms with Crippen LogP contribution in [-0.2, 0) is 38.2 Å². The Bertz CT molecular complexity index is 7250. The van der Waals surface area contributed by atoms with Crippen LogP contribution in [0.5, 0.6) is 11.5 Å². The van der Waals surface area contributed by atoms with Crippen molar-refractivity contribution in [1.29, 1.82) is 0 Å². The summed E-state index contributed by atoms with van der Waals surface area (Å²) in [4.78, 5) is 125. The summed E-state index contributed by atoms with van der Waals surface area (Å²) in [6.07, 6.45) is 27.7. The first-order chi connectivity index (χ1) is 72.3. The van der Waals surface area contributed by atoms with Crippen molar-refractivity contribution in [3.63, 3.8) is 0 Å². The number of piperidine rings is 1. The molecule has 8 aromatic carbocycles. The molecule has 6 N–H and O–H groups in total. The number of rotatable bonds is 32. The van der Waals surface area contributed by atoms with Crippen LogP contribution in [0.25, 0.3) is 111 Å². The average molecular weight is 2060 g/mol. The predicted molar refractivity (Wildman–Crippen MR) is 582 cm³/mol. The lowest BCUT2D eigenvalue weighted by atomic mass is 9.89. The molecule has 13 heterocycles. The van der Waals surface area contributed by atoms with Gasteiger partial charge < -0.3 is 49.6 Å². The fourth-order valence-corrected chi connectivity index (χ4v) is 23.1. The number of benzene rings is 8. The third-order valence-electron chi connectivity index (χ3n) is 28.2. The molecule has 0 spiro atoms. The van der Waals surface area contributed by atoms with Gasteiger partial charge in [-0.1, -0.05) is 60.7 Å². The number of methoxy groups -OCH3 is 2. The van der Waals surface area contributed by atoms with Crippen LogP contribution in [0.3, 0.4) is 0 Å². The molecule has 32 nitrogen and oxygen atoms in total. The van der Waals surface area contributed by atoms with Crippen LogP contribution >= 0.6 is 46.6 Å². The van der Waals surface area contributed by atoms with Gasteiger partial charge in [-0.2, -0.15) is 15.3 Å². The highest BCUT2D eigenvalue weighted by Gasteiger charge is 2.48. The van der Waals surface area contributed by atoms with Gasteiger partial charge in [-0.25, -0.2) is 39.3 Å². The number of nitrogens with one attached hydrogen (secondary N) is 6. The molecule has 6 aliphatic heterocycles. The van der Waals surface area contributed by atoms with E-state index in [-0.39, 0.29) is 47.8 Å². The van der Waals surface area contributed by atoms with Crippen molar-refractivity contribution in [2.75, 3.05) is 174 Å². The number of fused-ring (bicyclic) bond motifs is 3. The number of likely N-dealkylation sites (tertiary alicyclic amines) is 4. The highest BCUT2D eigenvalue weighted by molar-refractivity contribution is 8.01. The fraction of sp³-hybridized carbons (Fsp3) is 0.315. The summed E-state index contributed by atoms with van der Waals surface area (Å²) in [7, 11) is 3.29. The number of hydrogen-bond acceptors (Lipinski definition) is 27. The molecule has 0 radical (unpaired) electrons. The second-order valence-electron chi connectivity index (χ2n) is 37.3. The van der Waals surface area contributed by atoms with Crippen molar-refractivity contribution < 1.29 is 52.1 Å². The summed E-state index contributed by atoms with van der Waals surface area (Å²) in [6, 6.07) is 61.1. The molecule has 760 valence electrons. The first-order valence-electron chi connectivity index (χ1n) is 49.4. The second kappa shape index (κ2) is 47.3. The van der Waals surface area contributed by atoms with Gasteiger partial charge in [-0.3, -0.25) is 58.8 Å². The Hall–Kier alpha value is -14.3. The van der Waals surface area contributed by atoms with Crippen molar-refractivity contribution in [2.24, 2.45) is 0 Å². The van der Waals surface area contributed by atoms with Crippen LogP contribution < -0.4 is 25.4 Å². The average Bonchev–Trinajstić information content (AvgIpc) is 1.64. The molecule has 0 aliphatic carbocycles. The van der Waals surface area contributed by atoms with Gasteiger partial charge in [0, 0.05) is 197 Å². The van der Waals surface area contributed by atoms with Gasteiger partial charge in [-0.05, 0) is 237 Å². The predicted octanol–water partition coefficient (Wildman–Crippen LogP) is 17.0. The molecule has 6 amide bonds. The molecule has 3 atom stereocenters. The number of aromatic amines is 3. The van der Waals surface area contributed by atoms with Crippen molar-refractivity contribution in [1.82, 2.24) is 94.9 Å². The minimum absolute atomic E-state index is 0.0439. The molecule has 6 aliphatic rings. The molecule has 21 rings (SSSR count). The maximum absolute atomic E-state index is 13.8. The molecular weight excluding hydrogens is 1950 g/mol. The lowest BCUT2D eigenvalue weighted by molar-refractivity contribution is -0.133. The van der Waals surface area contributed by atoms with Crippen LogP contribution in [0.4, 0.5) is 21.5 Å². The number of ether oxygens (including phenoxy) is 4. The zero-order valence-corrected chi connectivity index (χ0v) is 86.1. The van der Waals surface area contributed by atoms with Crippen molar-refractivity contribution >= 4 is 143 Å². The van der Waals surface area contributed by atoms with E-state index >= 15 is 0 Å². The Morgan fingerprint density at radius 2 is 0.777 bits per heavy atom. The van der Waals surface area contributed by atoms with E-state index in [0.29, 0.717) is 165 Å². The maximum atomic E-state index is 13.8. The number of thiazole rings is 1. The molecule has 37 heteroatoms. The quantitative estimate of drug-likeness (QED) is 0.0213.